The van der Waals surface area contributed by atoms with Gasteiger partial charge < -0.3 is 0 Å². The molecule has 0 aliphatic heterocycles. The van der Waals surface area contributed by atoms with Gasteiger partial charge in [0.2, 0.25) is 0 Å². The van der Waals surface area contributed by atoms with E-state index in [1.807, 2.05) is 27.7 Å². The standard InChI is InChI=1S/C8H17O3PSe2/c1-6(2)10-12(13,11-7(3)4)14-8(5)9/h6-7H,1-5H3. The minimum atomic E-state index is -2.05. The summed E-state index contributed by atoms with van der Waals surface area (Å²) in [5.74, 6) is 0. The van der Waals surface area contributed by atoms with E-state index in [4.69, 9.17) is 9.05 Å². The molecule has 0 radical (unpaired) electrons. The molecule has 0 amide bonds. The van der Waals surface area contributed by atoms with Crippen LogP contribution in [-0.4, -0.2) is 46.5 Å². The van der Waals surface area contributed by atoms with Crippen LogP contribution in [0.25, 0.3) is 0 Å². The molecule has 0 bridgehead atoms. The Hall–Kier alpha value is 1.06. The van der Waals surface area contributed by atoms with Crippen LogP contribution >= 0.6 is 4.65 Å². The molecule has 0 fully saturated rings. The second-order valence-corrected chi connectivity index (χ2v) is 16.8. The number of carbonyl (C=O) groups is 1. The van der Waals surface area contributed by atoms with Crippen molar-refractivity contribution in [2.75, 3.05) is 0 Å². The Bertz CT molecular complexity index is 227. The molecule has 0 rings (SSSR count). The van der Waals surface area contributed by atoms with Crippen LogP contribution in [-0.2, 0) is 13.8 Å². The summed E-state index contributed by atoms with van der Waals surface area (Å²) in [6.07, 6.45) is 0.175. The molecule has 0 N–H and O–H groups in total. The number of hydrogen-bond acceptors (Lipinski definition) is 3. The molecule has 0 spiro atoms. The van der Waals surface area contributed by atoms with Gasteiger partial charge in [-0.05, 0) is 0 Å². The van der Waals surface area contributed by atoms with Gasteiger partial charge in [0.05, 0.1) is 0 Å². The van der Waals surface area contributed by atoms with Gasteiger partial charge in [0.15, 0.2) is 0 Å². The molecule has 0 saturated carbocycles. The summed E-state index contributed by atoms with van der Waals surface area (Å²) < 4.78 is 9.51. The van der Waals surface area contributed by atoms with E-state index in [0.29, 0.717) is 0 Å². The molecule has 6 heteroatoms. The minimum absolute atomic E-state index is 0.0876. The molecule has 0 atom stereocenters. The Kier molecular flexibility index (Phi) is 7.10. The van der Waals surface area contributed by atoms with Crippen molar-refractivity contribution in [2.24, 2.45) is 0 Å². The predicted octanol–water partition coefficient (Wildman–Crippen LogP) is 1.93. The van der Waals surface area contributed by atoms with Crippen LogP contribution in [0.5, 0.6) is 0 Å². The van der Waals surface area contributed by atoms with Gasteiger partial charge in [0, 0.05) is 0 Å². The van der Waals surface area contributed by atoms with Gasteiger partial charge in [0.1, 0.15) is 0 Å². The molecule has 14 heavy (non-hydrogen) atoms. The van der Waals surface area contributed by atoms with Gasteiger partial charge in [0.25, 0.3) is 0 Å². The zero-order chi connectivity index (χ0) is 11.4. The van der Waals surface area contributed by atoms with Gasteiger partial charge in [-0.3, -0.25) is 0 Å². The van der Waals surface area contributed by atoms with Crippen LogP contribution in [0, 0.1) is 0 Å². The fourth-order valence-corrected chi connectivity index (χ4v) is 12.5. The second-order valence-electron chi connectivity index (χ2n) is 3.34. The van der Waals surface area contributed by atoms with Crippen molar-refractivity contribution in [1.82, 2.24) is 0 Å². The Labute approximate surface area is 99.5 Å². The zero-order valence-corrected chi connectivity index (χ0v) is 13.5. The summed E-state index contributed by atoms with van der Waals surface area (Å²) in [5.41, 5.74) is 0. The van der Waals surface area contributed by atoms with Crippen LogP contribution < -0.4 is 0 Å². The summed E-state index contributed by atoms with van der Waals surface area (Å²) in [6.45, 7) is 9.38. The first-order chi connectivity index (χ1) is 6.25. The van der Waals surface area contributed by atoms with Crippen molar-refractivity contribution in [3.05, 3.63) is 0 Å². The molecule has 0 aromatic heterocycles. The van der Waals surface area contributed by atoms with E-state index in [9.17, 15) is 4.79 Å². The molecule has 0 heterocycles. The van der Waals surface area contributed by atoms with Crippen LogP contribution in [0.3, 0.4) is 0 Å². The van der Waals surface area contributed by atoms with Crippen molar-refractivity contribution in [3.63, 3.8) is 0 Å². The molecule has 0 unspecified atom stereocenters. The zero-order valence-electron chi connectivity index (χ0n) is 9.14. The van der Waals surface area contributed by atoms with E-state index in [0.717, 1.165) is 0 Å². The maximum atomic E-state index is 11.1. The average Bonchev–Trinajstić information content (AvgIpc) is 1.76. The van der Waals surface area contributed by atoms with Gasteiger partial charge in [-0.15, -0.1) is 0 Å². The molecule has 3 nitrogen and oxygen atoms in total. The maximum absolute atomic E-state index is 11.1. The van der Waals surface area contributed by atoms with Crippen molar-refractivity contribution in [1.29, 1.82) is 0 Å². The first-order valence-corrected chi connectivity index (χ1v) is 11.3. The third-order valence-corrected chi connectivity index (χ3v) is 10.4. The molecule has 0 saturated heterocycles. The summed E-state index contributed by atoms with van der Waals surface area (Å²) in [4.78, 5) is 11.1. The van der Waals surface area contributed by atoms with Gasteiger partial charge >= 0.3 is 99.6 Å². The molecular weight excluding hydrogens is 333 g/mol. The molecule has 84 valence electrons. The average molecular weight is 350 g/mol. The molecular formula is C8H17O3PSe2. The number of rotatable bonds is 6. The fourth-order valence-electron chi connectivity index (χ4n) is 0.742. The van der Waals surface area contributed by atoms with E-state index < -0.39 is 4.65 Å². The van der Waals surface area contributed by atoms with E-state index in [-0.39, 0.29) is 31.4 Å². The van der Waals surface area contributed by atoms with E-state index in [1.54, 1.807) is 6.92 Å². The Morgan fingerprint density at radius 2 is 1.57 bits per heavy atom. The third-order valence-electron chi connectivity index (χ3n) is 0.920. The van der Waals surface area contributed by atoms with Gasteiger partial charge in [-0.2, -0.15) is 0 Å². The summed E-state index contributed by atoms with van der Waals surface area (Å²) in [7, 11) is 0. The van der Waals surface area contributed by atoms with Crippen molar-refractivity contribution >= 4 is 38.9 Å². The van der Waals surface area contributed by atoms with Crippen LogP contribution in [0.4, 0.5) is 0 Å². The first-order valence-electron chi connectivity index (χ1n) is 4.42. The Morgan fingerprint density at radius 3 is 1.79 bits per heavy atom. The van der Waals surface area contributed by atoms with Crippen molar-refractivity contribution < 1.29 is 13.8 Å². The molecule has 0 aromatic rings. The molecule has 0 aliphatic carbocycles. The number of hydrogen-bond donors (Lipinski definition) is 0. The van der Waals surface area contributed by atoms with E-state index in [2.05, 4.69) is 15.1 Å². The Balaban J connectivity index is 4.49. The van der Waals surface area contributed by atoms with E-state index in [1.165, 1.54) is 0 Å². The topological polar surface area (TPSA) is 35.5 Å². The summed E-state index contributed by atoms with van der Waals surface area (Å²) in [6, 6.07) is 0. The normalized spacial score (nSPS) is 12.5. The van der Waals surface area contributed by atoms with Crippen LogP contribution in [0.15, 0.2) is 0 Å². The predicted molar refractivity (Wildman–Crippen MR) is 61.6 cm³/mol. The second kappa shape index (κ2) is 6.60. The number of carbonyl (C=O) groups excluding carboxylic acids is 1. The monoisotopic (exact) mass is 352 g/mol. The van der Waals surface area contributed by atoms with E-state index >= 15 is 0 Å². The third kappa shape index (κ3) is 7.36. The van der Waals surface area contributed by atoms with Crippen LogP contribution in [0.1, 0.15) is 34.6 Å². The Morgan fingerprint density at radius 1 is 1.21 bits per heavy atom. The van der Waals surface area contributed by atoms with Gasteiger partial charge in [-0.1, -0.05) is 0 Å². The summed E-state index contributed by atoms with van der Waals surface area (Å²) >= 11 is 2.72. The fraction of sp³-hybridized carbons (Fsp3) is 0.875. The molecule has 0 aromatic carbocycles. The van der Waals surface area contributed by atoms with Crippen LogP contribution in [0.2, 0.25) is 0 Å². The van der Waals surface area contributed by atoms with Gasteiger partial charge in [-0.25, -0.2) is 0 Å². The quantitative estimate of drug-likeness (QED) is 0.543. The SMILES string of the molecule is CC(=O)[Se]P(=[Se])(OC(C)C)OC(C)C. The summed E-state index contributed by atoms with van der Waals surface area (Å²) in [5, 5.41) is 0. The first kappa shape index (κ1) is 15.1. The molecule has 0 aliphatic rings. The van der Waals surface area contributed by atoms with Crippen molar-refractivity contribution in [2.45, 2.75) is 46.8 Å². The van der Waals surface area contributed by atoms with Crippen molar-refractivity contribution in [3.8, 4) is 0 Å².